The van der Waals surface area contributed by atoms with Gasteiger partial charge in [-0.15, -0.1) is 10.2 Å². The Labute approximate surface area is 194 Å². The second kappa shape index (κ2) is 8.40. The van der Waals surface area contributed by atoms with Gasteiger partial charge in [-0.2, -0.15) is 5.10 Å². The van der Waals surface area contributed by atoms with Crippen LogP contribution in [0.5, 0.6) is 0 Å². The van der Waals surface area contributed by atoms with Crippen molar-refractivity contribution in [1.82, 2.24) is 34.7 Å². The Morgan fingerprint density at radius 2 is 1.85 bits per heavy atom. The van der Waals surface area contributed by atoms with Gasteiger partial charge in [0.1, 0.15) is 5.82 Å². The number of hydrogen-bond donors (Lipinski definition) is 1. The number of pyridine rings is 2. The van der Waals surface area contributed by atoms with Crippen LogP contribution in [0.25, 0.3) is 27.5 Å². The van der Waals surface area contributed by atoms with Gasteiger partial charge in [0.2, 0.25) is 0 Å². The summed E-state index contributed by atoms with van der Waals surface area (Å²) >= 11 is 0. The van der Waals surface area contributed by atoms with Crippen LogP contribution in [0.1, 0.15) is 21.9 Å². The second-order valence-electron chi connectivity index (χ2n) is 8.10. The van der Waals surface area contributed by atoms with Gasteiger partial charge in [0.25, 0.3) is 5.91 Å². The molecular weight excluding hydrogens is 426 g/mol. The molecule has 166 valence electrons. The van der Waals surface area contributed by atoms with Gasteiger partial charge < -0.3 is 5.32 Å². The lowest BCUT2D eigenvalue weighted by atomic mass is 10.1. The van der Waals surface area contributed by atoms with Gasteiger partial charge in [-0.25, -0.2) is 0 Å². The fraction of sp³-hybridized carbons (Fsp3) is 0.115. The molecule has 0 unspecified atom stereocenters. The highest BCUT2D eigenvalue weighted by Crippen LogP contribution is 2.21. The van der Waals surface area contributed by atoms with E-state index in [2.05, 4.69) is 37.7 Å². The van der Waals surface area contributed by atoms with Crippen molar-refractivity contribution < 1.29 is 4.79 Å². The lowest BCUT2D eigenvalue weighted by molar-refractivity contribution is 0.0949. The molecule has 6 aromatic rings. The Hall–Kier alpha value is -4.59. The van der Waals surface area contributed by atoms with Crippen LogP contribution in [0.3, 0.4) is 0 Å². The first-order valence-electron chi connectivity index (χ1n) is 11.1. The van der Waals surface area contributed by atoms with E-state index in [0.29, 0.717) is 25.2 Å². The number of nitrogens with zero attached hydrogens (tertiary/aromatic N) is 6. The first kappa shape index (κ1) is 20.0. The van der Waals surface area contributed by atoms with Crippen LogP contribution in [0.4, 0.5) is 0 Å². The Morgan fingerprint density at radius 1 is 0.941 bits per heavy atom. The molecule has 0 saturated carbocycles. The normalized spacial score (nSPS) is 11.4. The molecule has 6 rings (SSSR count). The predicted octanol–water partition coefficient (Wildman–Crippen LogP) is 3.65. The third-order valence-corrected chi connectivity index (χ3v) is 5.89. The van der Waals surface area contributed by atoms with Gasteiger partial charge in [0.15, 0.2) is 11.3 Å². The summed E-state index contributed by atoms with van der Waals surface area (Å²) < 4.78 is 3.81. The van der Waals surface area contributed by atoms with Crippen molar-refractivity contribution in [2.45, 2.75) is 13.0 Å². The number of aromatic nitrogens is 6. The number of fused-ring (bicyclic) bond motifs is 3. The maximum absolute atomic E-state index is 13.1. The first-order chi connectivity index (χ1) is 16.8. The number of benzene rings is 2. The summed E-state index contributed by atoms with van der Waals surface area (Å²) in [6.07, 6.45) is 4.28. The summed E-state index contributed by atoms with van der Waals surface area (Å²) in [6, 6.07) is 23.7. The smallest absolute Gasteiger partial charge is 0.272 e. The lowest BCUT2D eigenvalue weighted by Crippen LogP contribution is -2.27. The maximum atomic E-state index is 13.1. The highest BCUT2D eigenvalue weighted by molar-refractivity contribution is 6.04. The summed E-state index contributed by atoms with van der Waals surface area (Å²) in [6.45, 7) is 0.998. The predicted molar refractivity (Wildman–Crippen MR) is 130 cm³/mol. The van der Waals surface area contributed by atoms with E-state index in [1.54, 1.807) is 6.20 Å². The molecule has 4 aromatic heterocycles. The average Bonchev–Trinajstić information content (AvgIpc) is 3.46. The summed E-state index contributed by atoms with van der Waals surface area (Å²) in [4.78, 5) is 17.4. The second-order valence-corrected chi connectivity index (χ2v) is 8.10. The van der Waals surface area contributed by atoms with E-state index in [9.17, 15) is 4.79 Å². The fourth-order valence-corrected chi connectivity index (χ4v) is 4.24. The van der Waals surface area contributed by atoms with Crippen LogP contribution in [0, 0.1) is 0 Å². The Kier molecular flexibility index (Phi) is 4.95. The van der Waals surface area contributed by atoms with Gasteiger partial charge in [-0.3, -0.25) is 18.9 Å². The van der Waals surface area contributed by atoms with Gasteiger partial charge >= 0.3 is 0 Å². The average molecular weight is 448 g/mol. The summed E-state index contributed by atoms with van der Waals surface area (Å²) in [7, 11) is 0. The van der Waals surface area contributed by atoms with Crippen molar-refractivity contribution in [3.05, 3.63) is 102 Å². The van der Waals surface area contributed by atoms with Crippen molar-refractivity contribution in [3.8, 4) is 0 Å². The van der Waals surface area contributed by atoms with Gasteiger partial charge in [-0.05, 0) is 42.0 Å². The van der Waals surface area contributed by atoms with E-state index in [0.717, 1.165) is 38.8 Å². The van der Waals surface area contributed by atoms with Crippen molar-refractivity contribution >= 4 is 33.4 Å². The van der Waals surface area contributed by atoms with E-state index in [1.165, 1.54) is 0 Å². The molecule has 0 spiro atoms. The molecule has 8 nitrogen and oxygen atoms in total. The fourth-order valence-electron chi connectivity index (χ4n) is 4.24. The van der Waals surface area contributed by atoms with Crippen LogP contribution in [-0.2, 0) is 13.0 Å². The Morgan fingerprint density at radius 3 is 2.82 bits per heavy atom. The third kappa shape index (κ3) is 3.65. The third-order valence-electron chi connectivity index (χ3n) is 5.89. The number of amides is 1. The molecule has 1 N–H and O–H groups in total. The molecule has 4 heterocycles. The highest BCUT2D eigenvalue weighted by atomic mass is 16.1. The number of para-hydroxylation sites is 1. The Bertz CT molecular complexity index is 1650. The van der Waals surface area contributed by atoms with Gasteiger partial charge in [0.05, 0.1) is 17.6 Å². The first-order valence-corrected chi connectivity index (χ1v) is 11.1. The van der Waals surface area contributed by atoms with Crippen LogP contribution >= 0.6 is 0 Å². The zero-order chi connectivity index (χ0) is 22.9. The molecule has 34 heavy (non-hydrogen) atoms. The summed E-state index contributed by atoms with van der Waals surface area (Å²) in [5.41, 5.74) is 4.18. The highest BCUT2D eigenvalue weighted by Gasteiger charge is 2.17. The van der Waals surface area contributed by atoms with Gasteiger partial charge in [-0.1, -0.05) is 36.4 Å². The van der Waals surface area contributed by atoms with Crippen LogP contribution in [-0.4, -0.2) is 41.8 Å². The molecular formula is C26H21N7O. The molecule has 0 aliphatic carbocycles. The molecule has 0 aliphatic rings. The molecule has 0 fully saturated rings. The number of hydrogen-bond acceptors (Lipinski definition) is 5. The SMILES string of the molecule is O=C(NCCc1nnc2ccccn12)c1nn(Cc2ccc3ncccc3c2)c2ccccc12. The zero-order valence-electron chi connectivity index (χ0n) is 18.3. The van der Waals surface area contributed by atoms with Crippen molar-refractivity contribution in [2.75, 3.05) is 6.54 Å². The van der Waals surface area contributed by atoms with Crippen molar-refractivity contribution in [1.29, 1.82) is 0 Å². The maximum Gasteiger partial charge on any atom is 0.272 e. The van der Waals surface area contributed by atoms with E-state index in [4.69, 9.17) is 0 Å². The standard InChI is InChI=1S/C26H21N7O/c34-26(28-14-12-24-30-29-23-9-3-4-15-32(23)24)25-20-7-1-2-8-22(20)33(31-25)17-18-10-11-21-19(16-18)6-5-13-27-21/h1-11,13,15-16H,12,14,17H2,(H,28,34). The van der Waals surface area contributed by atoms with E-state index in [1.807, 2.05) is 75.9 Å². The molecule has 0 radical (unpaired) electrons. The van der Waals surface area contributed by atoms with Crippen LogP contribution in [0.15, 0.2) is 85.2 Å². The molecule has 0 atom stereocenters. The number of nitrogens with one attached hydrogen (secondary N) is 1. The van der Waals surface area contributed by atoms with E-state index < -0.39 is 0 Å². The lowest BCUT2D eigenvalue weighted by Gasteiger charge is -2.05. The van der Waals surface area contributed by atoms with Gasteiger partial charge in [0, 0.05) is 36.1 Å². The quantitative estimate of drug-likeness (QED) is 0.421. The number of rotatable bonds is 6. The Balaban J connectivity index is 1.23. The summed E-state index contributed by atoms with van der Waals surface area (Å²) in [5, 5.41) is 18.0. The van der Waals surface area contributed by atoms with Crippen molar-refractivity contribution in [3.63, 3.8) is 0 Å². The van der Waals surface area contributed by atoms with Crippen molar-refractivity contribution in [2.24, 2.45) is 0 Å². The molecule has 2 aromatic carbocycles. The van der Waals surface area contributed by atoms with E-state index in [-0.39, 0.29) is 5.91 Å². The largest absolute Gasteiger partial charge is 0.350 e. The molecule has 0 saturated heterocycles. The summed E-state index contributed by atoms with van der Waals surface area (Å²) in [5.74, 6) is 0.601. The minimum Gasteiger partial charge on any atom is -0.350 e. The minimum atomic E-state index is -0.202. The van der Waals surface area contributed by atoms with E-state index >= 15 is 0 Å². The topological polar surface area (TPSA) is 90.0 Å². The molecule has 0 aliphatic heterocycles. The zero-order valence-corrected chi connectivity index (χ0v) is 18.3. The van der Waals surface area contributed by atoms with Crippen LogP contribution in [0.2, 0.25) is 0 Å². The monoisotopic (exact) mass is 447 g/mol. The molecule has 0 bridgehead atoms. The molecule has 8 heteroatoms. The minimum absolute atomic E-state index is 0.202. The van der Waals surface area contributed by atoms with Crippen LogP contribution < -0.4 is 5.32 Å². The number of carbonyl (C=O) groups is 1. The number of carbonyl (C=O) groups excluding carboxylic acids is 1. The molecule has 1 amide bonds.